The van der Waals surface area contributed by atoms with Gasteiger partial charge in [0.15, 0.2) is 0 Å². The Kier molecular flexibility index (Phi) is 4.16. The lowest BCUT2D eigenvalue weighted by Crippen LogP contribution is -2.53. The Morgan fingerprint density at radius 1 is 1.08 bits per heavy atom. The van der Waals surface area contributed by atoms with Crippen LogP contribution in [0.15, 0.2) is 30.5 Å². The number of piperazine rings is 1. The van der Waals surface area contributed by atoms with Crippen LogP contribution in [0.4, 0.5) is 0 Å². The molecule has 126 valence electrons. The molecule has 1 aliphatic carbocycles. The Labute approximate surface area is 141 Å². The summed E-state index contributed by atoms with van der Waals surface area (Å²) >= 11 is 0. The van der Waals surface area contributed by atoms with Gasteiger partial charge in [0.2, 0.25) is 0 Å². The first-order valence-corrected chi connectivity index (χ1v) is 8.65. The minimum atomic E-state index is -0.210. The van der Waals surface area contributed by atoms with E-state index < -0.39 is 0 Å². The van der Waals surface area contributed by atoms with Gasteiger partial charge in [-0.25, -0.2) is 4.98 Å². The number of aliphatic hydroxyl groups excluding tert-OH is 1. The lowest BCUT2D eigenvalue weighted by Gasteiger charge is -2.38. The number of rotatable bonds is 2. The van der Waals surface area contributed by atoms with Gasteiger partial charge in [0.1, 0.15) is 5.69 Å². The molecule has 0 radical (unpaired) electrons. The summed E-state index contributed by atoms with van der Waals surface area (Å²) in [5.41, 5.74) is 1.95. The Balaban J connectivity index is 1.43. The Hall–Kier alpha value is -2.05. The third-order valence-electron chi connectivity index (χ3n) is 5.18. The topological polar surface area (TPSA) is 69.6 Å². The number of carbonyl (C=O) groups excluding carboxylic acids is 1. The summed E-state index contributed by atoms with van der Waals surface area (Å²) in [5, 5.41) is 10.1. The van der Waals surface area contributed by atoms with Gasteiger partial charge in [0, 0.05) is 32.2 Å². The highest BCUT2D eigenvalue weighted by Crippen LogP contribution is 2.25. The van der Waals surface area contributed by atoms with Gasteiger partial charge in [0.05, 0.1) is 23.3 Å². The molecule has 24 heavy (non-hydrogen) atoms. The number of para-hydroxylation sites is 2. The van der Waals surface area contributed by atoms with Crippen LogP contribution in [0.3, 0.4) is 0 Å². The van der Waals surface area contributed by atoms with E-state index in [0.29, 0.717) is 18.8 Å². The molecule has 1 aromatic carbocycles. The molecule has 1 N–H and O–H groups in total. The number of aromatic nitrogens is 2. The lowest BCUT2D eigenvalue weighted by atomic mass is 10.1. The van der Waals surface area contributed by atoms with E-state index in [4.69, 9.17) is 0 Å². The molecule has 1 amide bonds. The van der Waals surface area contributed by atoms with Crippen molar-refractivity contribution in [1.29, 1.82) is 0 Å². The third-order valence-corrected chi connectivity index (χ3v) is 5.18. The second-order valence-electron chi connectivity index (χ2n) is 6.64. The molecule has 0 unspecified atom stereocenters. The Morgan fingerprint density at radius 3 is 2.54 bits per heavy atom. The zero-order valence-electron chi connectivity index (χ0n) is 13.6. The summed E-state index contributed by atoms with van der Waals surface area (Å²) in [6.45, 7) is 2.98. The van der Waals surface area contributed by atoms with Gasteiger partial charge in [-0.15, -0.1) is 0 Å². The van der Waals surface area contributed by atoms with Gasteiger partial charge in [-0.05, 0) is 31.4 Å². The fraction of sp³-hybridized carbons (Fsp3) is 0.500. The zero-order valence-corrected chi connectivity index (χ0v) is 13.6. The van der Waals surface area contributed by atoms with E-state index >= 15 is 0 Å². The van der Waals surface area contributed by atoms with E-state index in [2.05, 4.69) is 14.9 Å². The third kappa shape index (κ3) is 2.87. The molecule has 0 spiro atoms. The summed E-state index contributed by atoms with van der Waals surface area (Å²) in [6, 6.07) is 7.84. The first-order chi connectivity index (χ1) is 11.7. The molecule has 6 nitrogen and oxygen atoms in total. The maximum atomic E-state index is 12.7. The second-order valence-corrected chi connectivity index (χ2v) is 6.64. The summed E-state index contributed by atoms with van der Waals surface area (Å²) in [7, 11) is 0. The summed E-state index contributed by atoms with van der Waals surface area (Å²) in [4.78, 5) is 25.6. The zero-order chi connectivity index (χ0) is 16.5. The van der Waals surface area contributed by atoms with Crippen LogP contribution < -0.4 is 0 Å². The number of fused-ring (bicyclic) bond motifs is 1. The normalized spacial score (nSPS) is 25.3. The number of aliphatic hydroxyl groups is 1. The van der Waals surface area contributed by atoms with Crippen molar-refractivity contribution in [3.63, 3.8) is 0 Å². The number of nitrogens with zero attached hydrogens (tertiary/aromatic N) is 4. The molecule has 1 aromatic heterocycles. The lowest BCUT2D eigenvalue weighted by molar-refractivity contribution is 0.0313. The maximum Gasteiger partial charge on any atom is 0.274 e. The fourth-order valence-corrected chi connectivity index (χ4v) is 3.83. The molecule has 1 saturated heterocycles. The molecule has 1 aliphatic heterocycles. The SMILES string of the molecule is O=C(c1cnc2ccccc2n1)N1CCN([C@@H]2CCC[C@@H]2O)CC1. The standard InChI is InChI=1S/C18H22N4O2/c23-17-7-3-6-16(17)21-8-10-22(11-9-21)18(24)15-12-19-13-4-1-2-5-14(13)20-15/h1-2,4-5,12,16-17,23H,3,6-11H2/t16-,17+/m1/s1. The highest BCUT2D eigenvalue weighted by Gasteiger charge is 2.33. The van der Waals surface area contributed by atoms with Gasteiger partial charge in [-0.2, -0.15) is 0 Å². The van der Waals surface area contributed by atoms with Crippen LogP contribution in [0.5, 0.6) is 0 Å². The van der Waals surface area contributed by atoms with Gasteiger partial charge < -0.3 is 10.0 Å². The second kappa shape index (κ2) is 6.45. The van der Waals surface area contributed by atoms with Crippen molar-refractivity contribution in [2.24, 2.45) is 0 Å². The summed E-state index contributed by atoms with van der Waals surface area (Å²) in [5.74, 6) is -0.0557. The van der Waals surface area contributed by atoms with E-state index in [-0.39, 0.29) is 18.1 Å². The number of benzene rings is 1. The van der Waals surface area contributed by atoms with Crippen LogP contribution in [0.2, 0.25) is 0 Å². The van der Waals surface area contributed by atoms with Crippen molar-refractivity contribution in [2.45, 2.75) is 31.4 Å². The highest BCUT2D eigenvalue weighted by atomic mass is 16.3. The van der Waals surface area contributed by atoms with Gasteiger partial charge in [-0.1, -0.05) is 12.1 Å². The van der Waals surface area contributed by atoms with Crippen molar-refractivity contribution in [1.82, 2.24) is 19.8 Å². The van der Waals surface area contributed by atoms with Crippen LogP contribution in [0, 0.1) is 0 Å². The minimum Gasteiger partial charge on any atom is -0.391 e. The van der Waals surface area contributed by atoms with E-state index in [1.165, 1.54) is 0 Å². The largest absolute Gasteiger partial charge is 0.391 e. The van der Waals surface area contributed by atoms with Crippen LogP contribution in [-0.4, -0.2) is 69.1 Å². The van der Waals surface area contributed by atoms with Gasteiger partial charge in [-0.3, -0.25) is 14.7 Å². The monoisotopic (exact) mass is 326 g/mol. The van der Waals surface area contributed by atoms with Crippen molar-refractivity contribution in [3.8, 4) is 0 Å². The molecule has 6 heteroatoms. The predicted octanol–water partition coefficient (Wildman–Crippen LogP) is 1.30. The van der Waals surface area contributed by atoms with Crippen molar-refractivity contribution >= 4 is 16.9 Å². The fourth-order valence-electron chi connectivity index (χ4n) is 3.83. The van der Waals surface area contributed by atoms with E-state index in [0.717, 1.165) is 43.4 Å². The van der Waals surface area contributed by atoms with E-state index in [9.17, 15) is 9.90 Å². The number of carbonyl (C=O) groups is 1. The average Bonchev–Trinajstić information content (AvgIpc) is 3.07. The number of hydrogen-bond donors (Lipinski definition) is 1. The molecule has 4 rings (SSSR count). The average molecular weight is 326 g/mol. The smallest absolute Gasteiger partial charge is 0.274 e. The molecule has 2 atom stereocenters. The van der Waals surface area contributed by atoms with Crippen LogP contribution in [0.1, 0.15) is 29.8 Å². The molecular formula is C18H22N4O2. The predicted molar refractivity (Wildman–Crippen MR) is 90.7 cm³/mol. The van der Waals surface area contributed by atoms with Crippen molar-refractivity contribution in [2.75, 3.05) is 26.2 Å². The molecule has 1 saturated carbocycles. The van der Waals surface area contributed by atoms with Gasteiger partial charge in [0.25, 0.3) is 5.91 Å². The number of hydrogen-bond acceptors (Lipinski definition) is 5. The molecule has 2 aliphatic rings. The van der Waals surface area contributed by atoms with Gasteiger partial charge >= 0.3 is 0 Å². The first kappa shape index (κ1) is 15.5. The molecule has 2 heterocycles. The first-order valence-electron chi connectivity index (χ1n) is 8.65. The molecule has 0 bridgehead atoms. The minimum absolute atomic E-state index is 0.0557. The number of amides is 1. The maximum absolute atomic E-state index is 12.7. The quantitative estimate of drug-likeness (QED) is 0.901. The van der Waals surface area contributed by atoms with E-state index in [1.54, 1.807) is 6.20 Å². The molecular weight excluding hydrogens is 304 g/mol. The van der Waals surface area contributed by atoms with Crippen LogP contribution in [0.25, 0.3) is 11.0 Å². The Bertz CT molecular complexity index is 743. The molecule has 2 aromatic rings. The summed E-state index contributed by atoms with van der Waals surface area (Å²) < 4.78 is 0. The highest BCUT2D eigenvalue weighted by molar-refractivity contribution is 5.93. The van der Waals surface area contributed by atoms with Crippen LogP contribution in [-0.2, 0) is 0 Å². The summed E-state index contributed by atoms with van der Waals surface area (Å²) in [6.07, 6.45) is 4.41. The van der Waals surface area contributed by atoms with E-state index in [1.807, 2.05) is 29.2 Å². The van der Waals surface area contributed by atoms with Crippen molar-refractivity contribution < 1.29 is 9.90 Å². The molecule has 2 fully saturated rings. The Morgan fingerprint density at radius 2 is 1.83 bits per heavy atom. The van der Waals surface area contributed by atoms with Crippen LogP contribution >= 0.6 is 0 Å². The van der Waals surface area contributed by atoms with Crippen molar-refractivity contribution in [3.05, 3.63) is 36.2 Å².